The van der Waals surface area contributed by atoms with Crippen molar-refractivity contribution in [1.29, 1.82) is 0 Å². The Bertz CT molecular complexity index is 977. The molecule has 3 aromatic carbocycles. The van der Waals surface area contributed by atoms with Crippen LogP contribution in [0.5, 0.6) is 11.5 Å². The van der Waals surface area contributed by atoms with Gasteiger partial charge in [0.2, 0.25) is 0 Å². The average molecular weight is 580 g/mol. The lowest BCUT2D eigenvalue weighted by Crippen LogP contribution is -2.11. The quantitative estimate of drug-likeness (QED) is 0.148. The van der Waals surface area contributed by atoms with Gasteiger partial charge in [0.1, 0.15) is 11.5 Å². The zero-order valence-electron chi connectivity index (χ0n) is 24.0. The summed E-state index contributed by atoms with van der Waals surface area (Å²) in [4.78, 5) is 0. The van der Waals surface area contributed by atoms with E-state index in [1.54, 1.807) is 0 Å². The van der Waals surface area contributed by atoms with Crippen LogP contribution in [0.3, 0.4) is 0 Å². The van der Waals surface area contributed by atoms with Crippen LogP contribution in [0, 0.1) is 11.8 Å². The first-order valence-electron chi connectivity index (χ1n) is 14.8. The van der Waals surface area contributed by atoms with E-state index in [1.165, 1.54) is 79.2 Å². The highest BCUT2D eigenvalue weighted by atomic mass is 79.9. The normalized spacial score (nSPS) is 12.8. The van der Waals surface area contributed by atoms with Crippen LogP contribution in [-0.2, 0) is 5.33 Å². The van der Waals surface area contributed by atoms with Crippen molar-refractivity contribution in [2.45, 2.75) is 84.4 Å². The van der Waals surface area contributed by atoms with Crippen molar-refractivity contribution in [2.75, 3.05) is 13.2 Å². The third-order valence-corrected chi connectivity index (χ3v) is 8.23. The van der Waals surface area contributed by atoms with Gasteiger partial charge in [-0.15, -0.1) is 0 Å². The largest absolute Gasteiger partial charge is 0.493 e. The highest BCUT2D eigenvalue weighted by Gasteiger charge is 2.10. The van der Waals surface area contributed by atoms with Crippen LogP contribution < -0.4 is 9.47 Å². The molecule has 3 rings (SSSR count). The van der Waals surface area contributed by atoms with Crippen LogP contribution in [0.1, 0.15) is 84.6 Å². The minimum absolute atomic E-state index is 0.638. The van der Waals surface area contributed by atoms with Crippen molar-refractivity contribution in [3.8, 4) is 33.8 Å². The molecule has 0 saturated heterocycles. The van der Waals surface area contributed by atoms with Gasteiger partial charge in [-0.2, -0.15) is 0 Å². The summed E-state index contributed by atoms with van der Waals surface area (Å²) in [6.45, 7) is 10.6. The molecule has 2 atom stereocenters. The highest BCUT2D eigenvalue weighted by molar-refractivity contribution is 9.08. The predicted octanol–water partition coefficient (Wildman–Crippen LogP) is 11.1. The lowest BCUT2D eigenvalue weighted by Gasteiger charge is -2.16. The second kappa shape index (κ2) is 16.6. The molecule has 0 aliphatic rings. The molecule has 2 unspecified atom stereocenters. The van der Waals surface area contributed by atoms with E-state index in [-0.39, 0.29) is 0 Å². The van der Waals surface area contributed by atoms with E-state index in [9.17, 15) is 0 Å². The van der Waals surface area contributed by atoms with Crippen LogP contribution in [0.2, 0.25) is 0 Å². The van der Waals surface area contributed by atoms with Crippen LogP contribution in [0.4, 0.5) is 0 Å². The molecule has 2 nitrogen and oxygen atoms in total. The van der Waals surface area contributed by atoms with Gasteiger partial charge in [-0.05, 0) is 82.8 Å². The standard InChI is InChI=1S/C35H47BrO2/c1-5-9-11-27(7-3)25-37-34-17-13-30(14-18-34)32-21-29(24-36)22-33(23-32)31-15-19-35(20-16-31)38-26-28(8-4)12-10-6-2/h13-23,27-28H,5-12,24-26H2,1-4H3. The predicted molar refractivity (Wildman–Crippen MR) is 168 cm³/mol. The topological polar surface area (TPSA) is 18.5 Å². The summed E-state index contributed by atoms with van der Waals surface area (Å²) in [5, 5.41) is 0.822. The monoisotopic (exact) mass is 578 g/mol. The summed E-state index contributed by atoms with van der Waals surface area (Å²) in [6, 6.07) is 24.0. The van der Waals surface area contributed by atoms with E-state index in [0.29, 0.717) is 11.8 Å². The Morgan fingerprint density at radius 3 is 1.34 bits per heavy atom. The van der Waals surface area contributed by atoms with Crippen molar-refractivity contribution in [1.82, 2.24) is 0 Å². The van der Waals surface area contributed by atoms with E-state index >= 15 is 0 Å². The van der Waals surface area contributed by atoms with E-state index < -0.39 is 0 Å². The maximum atomic E-state index is 6.14. The second-order valence-corrected chi connectivity index (χ2v) is 11.1. The average Bonchev–Trinajstić information content (AvgIpc) is 2.97. The Balaban J connectivity index is 1.69. The fourth-order valence-corrected chi connectivity index (χ4v) is 5.14. The fraction of sp³-hybridized carbons (Fsp3) is 0.486. The molecule has 0 bridgehead atoms. The number of hydrogen-bond donors (Lipinski definition) is 0. The molecule has 0 aromatic heterocycles. The van der Waals surface area contributed by atoms with Crippen LogP contribution in [0.25, 0.3) is 22.3 Å². The van der Waals surface area contributed by atoms with Gasteiger partial charge in [0, 0.05) is 5.33 Å². The number of alkyl halides is 1. The first-order valence-corrected chi connectivity index (χ1v) is 15.9. The number of ether oxygens (including phenoxy) is 2. The zero-order chi connectivity index (χ0) is 27.2. The van der Waals surface area contributed by atoms with Gasteiger partial charge in [0.15, 0.2) is 0 Å². The van der Waals surface area contributed by atoms with E-state index in [4.69, 9.17) is 9.47 Å². The maximum absolute atomic E-state index is 6.14. The Hall–Kier alpha value is -2.26. The molecule has 0 amide bonds. The van der Waals surface area contributed by atoms with Crippen LogP contribution in [-0.4, -0.2) is 13.2 Å². The summed E-state index contributed by atoms with van der Waals surface area (Å²) < 4.78 is 12.3. The first-order chi connectivity index (χ1) is 18.6. The minimum Gasteiger partial charge on any atom is -0.493 e. The van der Waals surface area contributed by atoms with Gasteiger partial charge in [0.25, 0.3) is 0 Å². The van der Waals surface area contributed by atoms with E-state index in [1.807, 2.05) is 0 Å². The van der Waals surface area contributed by atoms with Gasteiger partial charge in [0.05, 0.1) is 13.2 Å². The first kappa shape index (κ1) is 30.3. The Labute approximate surface area is 240 Å². The molecule has 38 heavy (non-hydrogen) atoms. The van der Waals surface area contributed by atoms with Gasteiger partial charge in [-0.1, -0.05) is 119 Å². The van der Waals surface area contributed by atoms with Gasteiger partial charge >= 0.3 is 0 Å². The van der Waals surface area contributed by atoms with Gasteiger partial charge in [-0.3, -0.25) is 0 Å². The SMILES string of the molecule is CCCCC(CC)COc1ccc(-c2cc(CBr)cc(-c3ccc(OCC(CC)CCCC)cc3)c2)cc1. The van der Waals surface area contributed by atoms with Gasteiger partial charge < -0.3 is 9.47 Å². The molecule has 0 fully saturated rings. The molecular formula is C35H47BrO2. The molecule has 0 aliphatic carbocycles. The van der Waals surface area contributed by atoms with Crippen molar-refractivity contribution < 1.29 is 9.47 Å². The van der Waals surface area contributed by atoms with Gasteiger partial charge in [-0.25, -0.2) is 0 Å². The Morgan fingerprint density at radius 1 is 0.579 bits per heavy atom. The number of hydrogen-bond acceptors (Lipinski definition) is 2. The summed E-state index contributed by atoms with van der Waals surface area (Å²) in [5.41, 5.74) is 6.12. The fourth-order valence-electron chi connectivity index (χ4n) is 4.81. The van der Waals surface area contributed by atoms with Crippen molar-refractivity contribution in [2.24, 2.45) is 11.8 Å². The summed E-state index contributed by atoms with van der Waals surface area (Å²) in [5.74, 6) is 3.18. The minimum atomic E-state index is 0.638. The Kier molecular flexibility index (Phi) is 13.3. The van der Waals surface area contributed by atoms with Crippen molar-refractivity contribution >= 4 is 15.9 Å². The summed E-state index contributed by atoms with van der Waals surface area (Å²) in [7, 11) is 0. The highest BCUT2D eigenvalue weighted by Crippen LogP contribution is 2.31. The summed E-state index contributed by atoms with van der Waals surface area (Å²) >= 11 is 3.67. The number of rotatable bonds is 17. The molecule has 0 radical (unpaired) electrons. The number of halogens is 1. The van der Waals surface area contributed by atoms with Crippen LogP contribution in [0.15, 0.2) is 66.7 Å². The van der Waals surface area contributed by atoms with Crippen molar-refractivity contribution in [3.63, 3.8) is 0 Å². The molecule has 0 aliphatic heterocycles. The maximum Gasteiger partial charge on any atom is 0.119 e. The lowest BCUT2D eigenvalue weighted by atomic mass is 9.96. The summed E-state index contributed by atoms with van der Waals surface area (Å²) in [6.07, 6.45) is 9.89. The number of unbranched alkanes of at least 4 members (excludes halogenated alkanes) is 2. The molecule has 0 spiro atoms. The Morgan fingerprint density at radius 2 is 1.00 bits per heavy atom. The third-order valence-electron chi connectivity index (χ3n) is 7.58. The lowest BCUT2D eigenvalue weighted by molar-refractivity contribution is 0.233. The van der Waals surface area contributed by atoms with E-state index in [2.05, 4.69) is 110 Å². The van der Waals surface area contributed by atoms with Crippen LogP contribution >= 0.6 is 15.9 Å². The number of benzene rings is 3. The molecule has 0 heterocycles. The molecule has 3 aromatic rings. The second-order valence-electron chi connectivity index (χ2n) is 10.6. The molecule has 3 heteroatoms. The van der Waals surface area contributed by atoms with Crippen molar-refractivity contribution in [3.05, 3.63) is 72.3 Å². The molecule has 0 saturated carbocycles. The third kappa shape index (κ3) is 9.49. The molecule has 206 valence electrons. The molecular weight excluding hydrogens is 532 g/mol. The molecule has 0 N–H and O–H groups in total. The smallest absolute Gasteiger partial charge is 0.119 e. The van der Waals surface area contributed by atoms with E-state index in [0.717, 1.165) is 30.0 Å². The zero-order valence-corrected chi connectivity index (χ0v) is 25.6.